The van der Waals surface area contributed by atoms with Gasteiger partial charge >= 0.3 is 0 Å². The Morgan fingerprint density at radius 1 is 1.18 bits per heavy atom. The molecule has 0 bridgehead atoms. The van der Waals surface area contributed by atoms with Crippen LogP contribution in [-0.4, -0.2) is 27.9 Å². The Balaban J connectivity index is 1.94. The van der Waals surface area contributed by atoms with Gasteiger partial charge < -0.3 is 4.90 Å². The summed E-state index contributed by atoms with van der Waals surface area (Å²) in [6.07, 6.45) is 5.69. The number of hydrogen-bond acceptors (Lipinski definition) is 3. The van der Waals surface area contributed by atoms with Crippen molar-refractivity contribution in [3.05, 3.63) is 35.9 Å². The van der Waals surface area contributed by atoms with E-state index < -0.39 is 0 Å². The molecule has 1 saturated heterocycles. The van der Waals surface area contributed by atoms with Gasteiger partial charge in [0.25, 0.3) is 0 Å². The molecule has 4 nitrogen and oxygen atoms in total. The van der Waals surface area contributed by atoms with Crippen molar-refractivity contribution in [3.63, 3.8) is 0 Å². The van der Waals surface area contributed by atoms with Crippen LogP contribution >= 0.6 is 11.6 Å². The second-order valence-corrected chi connectivity index (χ2v) is 4.58. The lowest BCUT2D eigenvalue weighted by Gasteiger charge is -2.18. The van der Waals surface area contributed by atoms with Gasteiger partial charge in [0.2, 0.25) is 0 Å². The lowest BCUT2D eigenvalue weighted by molar-refractivity contribution is 0.877. The van der Waals surface area contributed by atoms with Crippen LogP contribution in [0, 0.1) is 0 Å². The molecule has 0 atom stereocenters. The summed E-state index contributed by atoms with van der Waals surface area (Å²) in [5, 5.41) is 4.79. The zero-order chi connectivity index (χ0) is 11.7. The zero-order valence-corrected chi connectivity index (χ0v) is 10.1. The highest BCUT2D eigenvalue weighted by Crippen LogP contribution is 2.27. The van der Waals surface area contributed by atoms with Crippen LogP contribution < -0.4 is 4.90 Å². The Morgan fingerprint density at radius 3 is 2.65 bits per heavy atom. The Bertz CT molecular complexity index is 503. The first-order chi connectivity index (χ1) is 8.34. The number of rotatable bonds is 2. The molecule has 0 amide bonds. The van der Waals surface area contributed by atoms with Gasteiger partial charge in [0.15, 0.2) is 0 Å². The molecule has 17 heavy (non-hydrogen) atoms. The van der Waals surface area contributed by atoms with E-state index >= 15 is 0 Å². The number of benzene rings is 1. The predicted molar refractivity (Wildman–Crippen MR) is 67.8 cm³/mol. The molecule has 3 rings (SSSR count). The first-order valence-electron chi connectivity index (χ1n) is 5.74. The van der Waals surface area contributed by atoms with E-state index in [2.05, 4.69) is 21.0 Å². The van der Waals surface area contributed by atoms with E-state index in [1.807, 2.05) is 12.1 Å². The number of hydrogen-bond donors (Lipinski definition) is 0. The monoisotopic (exact) mass is 248 g/mol. The van der Waals surface area contributed by atoms with Gasteiger partial charge in [0.1, 0.15) is 12.7 Å². The highest BCUT2D eigenvalue weighted by Gasteiger charge is 2.14. The van der Waals surface area contributed by atoms with Crippen LogP contribution in [0.3, 0.4) is 0 Å². The molecule has 0 radical (unpaired) electrons. The summed E-state index contributed by atoms with van der Waals surface area (Å²) < 4.78 is 1.68. The SMILES string of the molecule is Clc1cc(N2CCCC2)ccc1-n1cncn1. The minimum Gasteiger partial charge on any atom is -0.371 e. The molecule has 1 fully saturated rings. The van der Waals surface area contributed by atoms with E-state index in [0.29, 0.717) is 5.02 Å². The van der Waals surface area contributed by atoms with Crippen LogP contribution in [0.1, 0.15) is 12.8 Å². The van der Waals surface area contributed by atoms with Gasteiger partial charge in [0, 0.05) is 18.8 Å². The molecule has 1 aliphatic heterocycles. The average molecular weight is 249 g/mol. The van der Waals surface area contributed by atoms with E-state index in [9.17, 15) is 0 Å². The van der Waals surface area contributed by atoms with E-state index in [-0.39, 0.29) is 0 Å². The van der Waals surface area contributed by atoms with Crippen molar-refractivity contribution >= 4 is 17.3 Å². The molecule has 0 N–H and O–H groups in total. The van der Waals surface area contributed by atoms with Gasteiger partial charge in [-0.3, -0.25) is 0 Å². The van der Waals surface area contributed by atoms with Crippen LogP contribution in [0.15, 0.2) is 30.9 Å². The van der Waals surface area contributed by atoms with Crippen molar-refractivity contribution in [1.29, 1.82) is 0 Å². The molecule has 1 aromatic carbocycles. The normalized spacial score (nSPS) is 15.5. The molecule has 0 saturated carbocycles. The number of halogens is 1. The van der Waals surface area contributed by atoms with Crippen molar-refractivity contribution in [2.45, 2.75) is 12.8 Å². The molecule has 0 spiro atoms. The van der Waals surface area contributed by atoms with Crippen molar-refractivity contribution < 1.29 is 0 Å². The fraction of sp³-hybridized carbons (Fsp3) is 0.333. The molecule has 5 heteroatoms. The van der Waals surface area contributed by atoms with E-state index in [1.165, 1.54) is 24.9 Å². The summed E-state index contributed by atoms with van der Waals surface area (Å²) >= 11 is 6.28. The maximum absolute atomic E-state index is 6.28. The molecule has 1 aliphatic rings. The first-order valence-corrected chi connectivity index (χ1v) is 6.12. The molecular formula is C12H13ClN4. The lowest BCUT2D eigenvalue weighted by Crippen LogP contribution is -2.17. The summed E-state index contributed by atoms with van der Waals surface area (Å²) in [5.41, 5.74) is 2.06. The maximum Gasteiger partial charge on any atom is 0.138 e. The van der Waals surface area contributed by atoms with Crippen molar-refractivity contribution in [2.75, 3.05) is 18.0 Å². The largest absolute Gasteiger partial charge is 0.371 e. The standard InChI is InChI=1S/C12H13ClN4/c13-11-7-10(16-5-1-2-6-16)3-4-12(11)17-9-14-8-15-17/h3-4,7-9H,1-2,5-6H2. The summed E-state index contributed by atoms with van der Waals surface area (Å²) in [4.78, 5) is 6.28. The molecule has 0 aliphatic carbocycles. The van der Waals surface area contributed by atoms with Gasteiger partial charge in [-0.25, -0.2) is 9.67 Å². The second kappa shape index (κ2) is 4.37. The van der Waals surface area contributed by atoms with Gasteiger partial charge in [-0.1, -0.05) is 11.6 Å². The van der Waals surface area contributed by atoms with E-state index in [4.69, 9.17) is 11.6 Å². The third-order valence-corrected chi connectivity index (χ3v) is 3.37. The summed E-state index contributed by atoms with van der Waals surface area (Å²) in [7, 11) is 0. The summed E-state index contributed by atoms with van der Waals surface area (Å²) in [6, 6.07) is 6.09. The lowest BCUT2D eigenvalue weighted by atomic mass is 10.2. The highest BCUT2D eigenvalue weighted by atomic mass is 35.5. The van der Waals surface area contributed by atoms with Crippen LogP contribution in [0.25, 0.3) is 5.69 Å². The van der Waals surface area contributed by atoms with E-state index in [0.717, 1.165) is 18.8 Å². The topological polar surface area (TPSA) is 34.0 Å². The number of aromatic nitrogens is 3. The smallest absolute Gasteiger partial charge is 0.138 e. The molecule has 2 aromatic rings. The quantitative estimate of drug-likeness (QED) is 0.819. The van der Waals surface area contributed by atoms with Crippen LogP contribution in [-0.2, 0) is 0 Å². The van der Waals surface area contributed by atoms with Crippen molar-refractivity contribution in [3.8, 4) is 5.69 Å². The Hall–Kier alpha value is -1.55. The maximum atomic E-state index is 6.28. The second-order valence-electron chi connectivity index (χ2n) is 4.17. The fourth-order valence-corrected chi connectivity index (χ4v) is 2.45. The molecule has 0 unspecified atom stereocenters. The Morgan fingerprint density at radius 2 is 2.00 bits per heavy atom. The van der Waals surface area contributed by atoms with Gasteiger partial charge in [-0.05, 0) is 31.0 Å². The minimum atomic E-state index is 0.708. The Kier molecular flexibility index (Phi) is 2.73. The number of nitrogens with zero attached hydrogens (tertiary/aromatic N) is 4. The molecular weight excluding hydrogens is 236 g/mol. The third-order valence-electron chi connectivity index (χ3n) is 3.07. The van der Waals surface area contributed by atoms with Gasteiger partial charge in [0.05, 0.1) is 10.7 Å². The van der Waals surface area contributed by atoms with Crippen LogP contribution in [0.4, 0.5) is 5.69 Å². The van der Waals surface area contributed by atoms with Crippen molar-refractivity contribution in [1.82, 2.24) is 14.8 Å². The fourth-order valence-electron chi connectivity index (χ4n) is 2.19. The van der Waals surface area contributed by atoms with Gasteiger partial charge in [-0.2, -0.15) is 5.10 Å². The van der Waals surface area contributed by atoms with Gasteiger partial charge in [-0.15, -0.1) is 0 Å². The highest BCUT2D eigenvalue weighted by molar-refractivity contribution is 6.32. The summed E-state index contributed by atoms with van der Waals surface area (Å²) in [6.45, 7) is 2.25. The third kappa shape index (κ3) is 2.00. The van der Waals surface area contributed by atoms with Crippen LogP contribution in [0.5, 0.6) is 0 Å². The van der Waals surface area contributed by atoms with Crippen LogP contribution in [0.2, 0.25) is 5.02 Å². The molecule has 1 aromatic heterocycles. The Labute approximate surface area is 105 Å². The molecule has 88 valence electrons. The predicted octanol–water partition coefficient (Wildman–Crippen LogP) is 2.52. The first kappa shape index (κ1) is 10.6. The minimum absolute atomic E-state index is 0.708. The average Bonchev–Trinajstić information content (AvgIpc) is 3.02. The zero-order valence-electron chi connectivity index (χ0n) is 9.38. The molecule has 2 heterocycles. The number of anilines is 1. The summed E-state index contributed by atoms with van der Waals surface area (Å²) in [5.74, 6) is 0. The van der Waals surface area contributed by atoms with E-state index in [1.54, 1.807) is 11.0 Å². The van der Waals surface area contributed by atoms with Crippen molar-refractivity contribution in [2.24, 2.45) is 0 Å².